The van der Waals surface area contributed by atoms with Crippen LogP contribution in [0.1, 0.15) is 44.5 Å². The van der Waals surface area contributed by atoms with E-state index < -0.39 is 10.8 Å². The molecule has 0 saturated heterocycles. The van der Waals surface area contributed by atoms with Crippen molar-refractivity contribution in [2.75, 3.05) is 4.90 Å². The maximum atomic E-state index is 6.70. The highest BCUT2D eigenvalue weighted by Gasteiger charge is 2.53. The van der Waals surface area contributed by atoms with E-state index >= 15 is 0 Å². The third-order valence-electron chi connectivity index (χ3n) is 14.2. The smallest absolute Gasteiger partial charge is 0.132 e. The summed E-state index contributed by atoms with van der Waals surface area (Å²) < 4.78 is 6.70. The van der Waals surface area contributed by atoms with Crippen molar-refractivity contribution in [1.82, 2.24) is 0 Å². The van der Waals surface area contributed by atoms with E-state index in [1.54, 1.807) is 0 Å². The van der Waals surface area contributed by atoms with E-state index in [2.05, 4.69) is 229 Å². The van der Waals surface area contributed by atoms with E-state index in [4.69, 9.17) is 4.74 Å². The van der Waals surface area contributed by atoms with Gasteiger partial charge in [0.1, 0.15) is 11.5 Å². The van der Waals surface area contributed by atoms with Gasteiger partial charge in [0.25, 0.3) is 0 Å². The SMILES string of the molecule is c1ccc2c(c1)Oc1ccccc1C21c2ccccc2-c2c(N(c3ccc4c(c3)-c3ccccc3C43c4ccccc4Sc4ccccc43)c3ccc4ccccc4c3)cccc21. The number of ether oxygens (including phenoxy) is 1. The number of fused-ring (bicyclic) bond motifs is 19. The Kier molecular flexibility index (Phi) is 7.21. The van der Waals surface area contributed by atoms with Crippen molar-refractivity contribution in [2.45, 2.75) is 20.6 Å². The lowest BCUT2D eigenvalue weighted by molar-refractivity contribution is 0.436. The molecule has 0 atom stereocenters. The van der Waals surface area contributed by atoms with Crippen molar-refractivity contribution in [1.29, 1.82) is 0 Å². The molecule has 0 radical (unpaired) electrons. The van der Waals surface area contributed by atoms with Gasteiger partial charge in [0.05, 0.1) is 16.5 Å². The maximum Gasteiger partial charge on any atom is 0.132 e. The number of anilines is 3. The monoisotopic (exact) mass is 819 g/mol. The van der Waals surface area contributed by atoms with Crippen molar-refractivity contribution >= 4 is 39.6 Å². The van der Waals surface area contributed by atoms with Gasteiger partial charge in [0, 0.05) is 37.9 Å². The number of para-hydroxylation sites is 2. The fraction of sp³-hybridized carbons (Fsp3) is 0.0333. The average molecular weight is 820 g/mol. The van der Waals surface area contributed by atoms with Gasteiger partial charge in [-0.15, -0.1) is 0 Å². The van der Waals surface area contributed by atoms with Crippen LogP contribution in [0.15, 0.2) is 234 Å². The number of rotatable bonds is 3. The highest BCUT2D eigenvalue weighted by Crippen LogP contribution is 2.66. The van der Waals surface area contributed by atoms with Crippen LogP contribution in [-0.4, -0.2) is 0 Å². The molecule has 0 amide bonds. The van der Waals surface area contributed by atoms with Crippen LogP contribution < -0.4 is 9.64 Å². The molecule has 294 valence electrons. The van der Waals surface area contributed by atoms with Crippen molar-refractivity contribution < 1.29 is 4.74 Å². The summed E-state index contributed by atoms with van der Waals surface area (Å²) in [6, 6.07) is 83.3. The standard InChI is InChI=1S/C60H37NOS/c1-2-17-39-36-40(33-32-38(39)16-1)61(41-34-35-47-44(37-41)42-18-3-5-20-45(42)59(47)50-24-9-13-30-56(50)63-57-31-14-10-25-51(57)59)53-27-15-26-52-58(53)43-19-4-6-21-46(43)60(52)48-22-7-11-28-54(48)62-55-29-12-8-23-49(55)60/h1-37H. The van der Waals surface area contributed by atoms with Crippen molar-refractivity contribution in [3.63, 3.8) is 0 Å². The third kappa shape index (κ3) is 4.54. The zero-order chi connectivity index (χ0) is 41.3. The van der Waals surface area contributed by atoms with E-state index in [0.717, 1.165) is 39.7 Å². The fourth-order valence-corrected chi connectivity index (χ4v) is 13.0. The molecule has 10 aromatic carbocycles. The molecule has 14 rings (SSSR count). The quantitative estimate of drug-likeness (QED) is 0.176. The normalized spacial score (nSPS) is 14.7. The molecule has 0 bridgehead atoms. The molecule has 0 aromatic heterocycles. The van der Waals surface area contributed by atoms with Crippen LogP contribution >= 0.6 is 11.8 Å². The van der Waals surface area contributed by atoms with Crippen LogP contribution in [0.3, 0.4) is 0 Å². The molecule has 0 fully saturated rings. The lowest BCUT2D eigenvalue weighted by atomic mass is 9.66. The molecule has 0 saturated carbocycles. The Morgan fingerprint density at radius 1 is 0.333 bits per heavy atom. The van der Waals surface area contributed by atoms with Gasteiger partial charge < -0.3 is 9.64 Å². The number of hydrogen-bond acceptors (Lipinski definition) is 3. The molecule has 2 aliphatic carbocycles. The molecule has 2 nitrogen and oxygen atoms in total. The van der Waals surface area contributed by atoms with E-state index in [1.807, 2.05) is 11.8 Å². The van der Waals surface area contributed by atoms with E-state index in [1.165, 1.54) is 76.2 Å². The zero-order valence-electron chi connectivity index (χ0n) is 34.1. The molecular formula is C60H37NOS. The second-order valence-electron chi connectivity index (χ2n) is 17.1. The topological polar surface area (TPSA) is 12.5 Å². The second kappa shape index (κ2) is 13.0. The van der Waals surface area contributed by atoms with E-state index in [-0.39, 0.29) is 0 Å². The molecule has 2 spiro atoms. The van der Waals surface area contributed by atoms with Gasteiger partial charge >= 0.3 is 0 Å². The Hall–Kier alpha value is -7.59. The molecule has 0 N–H and O–H groups in total. The highest BCUT2D eigenvalue weighted by atomic mass is 32.2. The summed E-state index contributed by atoms with van der Waals surface area (Å²) in [6.45, 7) is 0. The van der Waals surface area contributed by atoms with Gasteiger partial charge in [-0.1, -0.05) is 182 Å². The van der Waals surface area contributed by atoms with Crippen LogP contribution in [-0.2, 0) is 10.8 Å². The summed E-state index contributed by atoms with van der Waals surface area (Å²) in [5.74, 6) is 1.79. The summed E-state index contributed by atoms with van der Waals surface area (Å²) in [7, 11) is 0. The predicted octanol–water partition coefficient (Wildman–Crippen LogP) is 15.6. The first-order valence-corrected chi connectivity index (χ1v) is 22.6. The molecule has 0 unspecified atom stereocenters. The fourth-order valence-electron chi connectivity index (χ4n) is 11.8. The highest BCUT2D eigenvalue weighted by molar-refractivity contribution is 7.99. The summed E-state index contributed by atoms with van der Waals surface area (Å²) in [4.78, 5) is 5.14. The van der Waals surface area contributed by atoms with Gasteiger partial charge in [-0.2, -0.15) is 0 Å². The summed E-state index contributed by atoms with van der Waals surface area (Å²) in [5, 5.41) is 2.42. The molecule has 3 heteroatoms. The first-order valence-electron chi connectivity index (χ1n) is 21.7. The van der Waals surface area contributed by atoms with Crippen LogP contribution in [0.2, 0.25) is 0 Å². The number of nitrogens with zero attached hydrogens (tertiary/aromatic N) is 1. The largest absolute Gasteiger partial charge is 0.457 e. The van der Waals surface area contributed by atoms with Crippen LogP contribution in [0, 0.1) is 0 Å². The first kappa shape index (κ1) is 35.1. The summed E-state index contributed by atoms with van der Waals surface area (Å²) in [5.41, 5.74) is 17.6. The molecule has 2 heterocycles. The third-order valence-corrected chi connectivity index (χ3v) is 15.3. The average Bonchev–Trinajstić information content (AvgIpc) is 3.80. The number of hydrogen-bond donors (Lipinski definition) is 0. The minimum Gasteiger partial charge on any atom is -0.457 e. The Morgan fingerprint density at radius 2 is 0.825 bits per heavy atom. The van der Waals surface area contributed by atoms with Gasteiger partial charge in [-0.3, -0.25) is 0 Å². The van der Waals surface area contributed by atoms with Crippen LogP contribution in [0.4, 0.5) is 17.1 Å². The van der Waals surface area contributed by atoms with Gasteiger partial charge in [0.15, 0.2) is 0 Å². The Morgan fingerprint density at radius 3 is 1.54 bits per heavy atom. The molecule has 63 heavy (non-hydrogen) atoms. The minimum absolute atomic E-state index is 0.445. The lowest BCUT2D eigenvalue weighted by Gasteiger charge is -2.40. The Balaban J connectivity index is 1.07. The molecule has 2 aliphatic heterocycles. The number of benzene rings is 10. The van der Waals surface area contributed by atoms with Crippen LogP contribution in [0.5, 0.6) is 11.5 Å². The predicted molar refractivity (Wildman–Crippen MR) is 257 cm³/mol. The van der Waals surface area contributed by atoms with E-state index in [9.17, 15) is 0 Å². The second-order valence-corrected chi connectivity index (χ2v) is 18.2. The zero-order valence-corrected chi connectivity index (χ0v) is 34.9. The van der Waals surface area contributed by atoms with Crippen molar-refractivity contribution in [3.05, 3.63) is 269 Å². The minimum atomic E-state index is -0.578. The van der Waals surface area contributed by atoms with Gasteiger partial charge in [0.2, 0.25) is 0 Å². The summed E-state index contributed by atoms with van der Waals surface area (Å²) >= 11 is 1.89. The first-order chi connectivity index (χ1) is 31.2. The Labute approximate surface area is 370 Å². The van der Waals surface area contributed by atoms with Crippen LogP contribution in [0.25, 0.3) is 33.0 Å². The van der Waals surface area contributed by atoms with Gasteiger partial charge in [-0.05, 0) is 115 Å². The molecule has 10 aromatic rings. The summed E-state index contributed by atoms with van der Waals surface area (Å²) in [6.07, 6.45) is 0. The van der Waals surface area contributed by atoms with Gasteiger partial charge in [-0.25, -0.2) is 0 Å². The Bertz CT molecular complexity index is 3480. The molecular weight excluding hydrogens is 783 g/mol. The maximum absolute atomic E-state index is 6.70. The van der Waals surface area contributed by atoms with E-state index in [0.29, 0.717) is 0 Å². The molecule has 4 aliphatic rings. The lowest BCUT2D eigenvalue weighted by Crippen LogP contribution is -2.32. The van der Waals surface area contributed by atoms with Crippen molar-refractivity contribution in [3.8, 4) is 33.8 Å². The van der Waals surface area contributed by atoms with Crippen molar-refractivity contribution in [2.24, 2.45) is 0 Å².